The van der Waals surface area contributed by atoms with E-state index in [1.165, 1.54) is 5.56 Å². The highest BCUT2D eigenvalue weighted by Gasteiger charge is 1.99. The van der Waals surface area contributed by atoms with E-state index in [0.717, 1.165) is 15.6 Å². The lowest BCUT2D eigenvalue weighted by molar-refractivity contribution is 0.0867. The lowest BCUT2D eigenvalue weighted by Crippen LogP contribution is -2.10. The Morgan fingerprint density at radius 3 is 2.79 bits per heavy atom. The van der Waals surface area contributed by atoms with Gasteiger partial charge in [0.25, 0.3) is 0 Å². The molecule has 1 rings (SSSR count). The Balaban J connectivity index is 2.89. The second-order valence-electron chi connectivity index (χ2n) is 3.15. The summed E-state index contributed by atoms with van der Waals surface area (Å²) in [7, 11) is 1.61. The normalized spacial score (nSPS) is 10.2. The van der Waals surface area contributed by atoms with Crippen LogP contribution in [0.1, 0.15) is 18.1 Å². The van der Waals surface area contributed by atoms with E-state index in [9.17, 15) is 0 Å². The predicted octanol–water partition coefficient (Wildman–Crippen LogP) is 3.13. The fraction of sp³-hybridized carbons (Fsp3) is 0.273. The van der Waals surface area contributed by atoms with Crippen LogP contribution < -0.4 is 5.48 Å². The Morgan fingerprint density at radius 1 is 1.50 bits per heavy atom. The zero-order valence-corrected chi connectivity index (χ0v) is 10.0. The molecule has 1 aromatic carbocycles. The van der Waals surface area contributed by atoms with Crippen LogP contribution >= 0.6 is 15.9 Å². The van der Waals surface area contributed by atoms with Crippen molar-refractivity contribution in [2.75, 3.05) is 7.11 Å². The molecule has 0 atom stereocenters. The quantitative estimate of drug-likeness (QED) is 0.835. The third kappa shape index (κ3) is 3.25. The van der Waals surface area contributed by atoms with Gasteiger partial charge >= 0.3 is 0 Å². The number of hydrogen-bond acceptors (Lipinski definition) is 2. The highest BCUT2D eigenvalue weighted by atomic mass is 79.9. The van der Waals surface area contributed by atoms with Gasteiger partial charge in [-0.1, -0.05) is 34.1 Å². The van der Waals surface area contributed by atoms with Crippen LogP contribution in [0.25, 0.3) is 5.57 Å². The standard InChI is InChI=1S/C11H14BrNO/c1-8(2)10-4-9(7-13-14-3)5-11(12)6-10/h4-6,13H,1,7H2,2-3H3. The van der Waals surface area contributed by atoms with Gasteiger partial charge < -0.3 is 4.84 Å². The summed E-state index contributed by atoms with van der Waals surface area (Å²) in [6.45, 7) is 6.60. The first-order chi connectivity index (χ1) is 6.63. The molecule has 3 heteroatoms. The molecule has 76 valence electrons. The maximum absolute atomic E-state index is 4.80. The Hall–Kier alpha value is -0.640. The number of hydrogen-bond donors (Lipinski definition) is 1. The first-order valence-electron chi connectivity index (χ1n) is 4.34. The Bertz CT molecular complexity index is 336. The van der Waals surface area contributed by atoms with Crippen LogP contribution in [0.5, 0.6) is 0 Å². The first-order valence-corrected chi connectivity index (χ1v) is 5.14. The van der Waals surface area contributed by atoms with Crippen LogP contribution in [0.4, 0.5) is 0 Å². The number of nitrogens with one attached hydrogen (secondary N) is 1. The number of allylic oxidation sites excluding steroid dienone is 1. The molecule has 0 heterocycles. The number of hydroxylamine groups is 1. The summed E-state index contributed by atoms with van der Waals surface area (Å²) in [5.41, 5.74) is 6.18. The molecule has 0 fully saturated rings. The highest BCUT2D eigenvalue weighted by molar-refractivity contribution is 9.10. The van der Waals surface area contributed by atoms with Crippen molar-refractivity contribution in [3.63, 3.8) is 0 Å². The molecular formula is C11H14BrNO. The van der Waals surface area contributed by atoms with Crippen LogP contribution in [0.15, 0.2) is 29.3 Å². The monoisotopic (exact) mass is 255 g/mol. The van der Waals surface area contributed by atoms with Crippen molar-refractivity contribution in [2.24, 2.45) is 0 Å². The number of rotatable bonds is 4. The first kappa shape index (κ1) is 11.4. The van der Waals surface area contributed by atoms with Crippen LogP contribution in [-0.2, 0) is 11.4 Å². The van der Waals surface area contributed by atoms with E-state index in [1.54, 1.807) is 7.11 Å². The van der Waals surface area contributed by atoms with Gasteiger partial charge in [-0.2, -0.15) is 5.48 Å². The van der Waals surface area contributed by atoms with Crippen molar-refractivity contribution in [2.45, 2.75) is 13.5 Å². The largest absolute Gasteiger partial charge is 0.305 e. The maximum atomic E-state index is 4.80. The van der Waals surface area contributed by atoms with Gasteiger partial charge in [0.15, 0.2) is 0 Å². The van der Waals surface area contributed by atoms with Crippen LogP contribution in [0.3, 0.4) is 0 Å². The maximum Gasteiger partial charge on any atom is 0.0572 e. The molecule has 0 aliphatic carbocycles. The van der Waals surface area contributed by atoms with E-state index in [0.29, 0.717) is 6.54 Å². The lowest BCUT2D eigenvalue weighted by atomic mass is 10.1. The van der Waals surface area contributed by atoms with Gasteiger partial charge in [0.1, 0.15) is 0 Å². The molecule has 0 amide bonds. The Morgan fingerprint density at radius 2 is 2.21 bits per heavy atom. The summed E-state index contributed by atoms with van der Waals surface area (Å²) in [6, 6.07) is 6.20. The minimum absolute atomic E-state index is 0.691. The van der Waals surface area contributed by atoms with Crippen molar-refractivity contribution in [1.82, 2.24) is 5.48 Å². The van der Waals surface area contributed by atoms with Crippen LogP contribution in [0, 0.1) is 0 Å². The summed E-state index contributed by atoms with van der Waals surface area (Å²) in [6.07, 6.45) is 0. The molecule has 0 unspecified atom stereocenters. The SMILES string of the molecule is C=C(C)c1cc(Br)cc(CNOC)c1. The second kappa shape index (κ2) is 5.29. The zero-order chi connectivity index (χ0) is 10.6. The third-order valence-corrected chi connectivity index (χ3v) is 2.33. The zero-order valence-electron chi connectivity index (χ0n) is 8.43. The average molecular weight is 256 g/mol. The van der Waals surface area contributed by atoms with E-state index in [2.05, 4.69) is 46.2 Å². The van der Waals surface area contributed by atoms with Crippen molar-refractivity contribution in [3.05, 3.63) is 40.4 Å². The summed E-state index contributed by atoms with van der Waals surface area (Å²) < 4.78 is 1.06. The van der Waals surface area contributed by atoms with Crippen molar-refractivity contribution >= 4 is 21.5 Å². The Labute approximate surface area is 93.1 Å². The van der Waals surface area contributed by atoms with Gasteiger partial charge in [-0.15, -0.1) is 0 Å². The lowest BCUT2D eigenvalue weighted by Gasteiger charge is -2.06. The smallest absolute Gasteiger partial charge is 0.0572 e. The summed E-state index contributed by atoms with van der Waals surface area (Å²) in [5.74, 6) is 0. The Kier molecular flexibility index (Phi) is 4.32. The molecule has 1 N–H and O–H groups in total. The second-order valence-corrected chi connectivity index (χ2v) is 4.07. The van der Waals surface area contributed by atoms with E-state index in [-0.39, 0.29) is 0 Å². The summed E-state index contributed by atoms with van der Waals surface area (Å²) in [4.78, 5) is 4.80. The molecule has 0 aliphatic rings. The molecule has 14 heavy (non-hydrogen) atoms. The topological polar surface area (TPSA) is 21.3 Å². The van der Waals surface area contributed by atoms with Gasteiger partial charge in [0, 0.05) is 11.0 Å². The minimum Gasteiger partial charge on any atom is -0.305 e. The van der Waals surface area contributed by atoms with Gasteiger partial charge in [-0.25, -0.2) is 0 Å². The van der Waals surface area contributed by atoms with Gasteiger partial charge in [0.2, 0.25) is 0 Å². The van der Waals surface area contributed by atoms with Crippen molar-refractivity contribution < 1.29 is 4.84 Å². The van der Waals surface area contributed by atoms with E-state index >= 15 is 0 Å². The molecule has 0 radical (unpaired) electrons. The van der Waals surface area contributed by atoms with Crippen molar-refractivity contribution in [1.29, 1.82) is 0 Å². The third-order valence-electron chi connectivity index (χ3n) is 1.87. The predicted molar refractivity (Wildman–Crippen MR) is 62.7 cm³/mol. The fourth-order valence-corrected chi connectivity index (χ4v) is 1.70. The van der Waals surface area contributed by atoms with E-state index in [4.69, 9.17) is 4.84 Å². The summed E-state index contributed by atoms with van der Waals surface area (Å²) in [5, 5.41) is 0. The molecule has 0 aliphatic heterocycles. The number of halogens is 1. The van der Waals surface area contributed by atoms with E-state index < -0.39 is 0 Å². The summed E-state index contributed by atoms with van der Waals surface area (Å²) >= 11 is 3.46. The molecule has 0 bridgehead atoms. The molecule has 1 aromatic rings. The van der Waals surface area contributed by atoms with Gasteiger partial charge in [-0.05, 0) is 30.2 Å². The minimum atomic E-state index is 0.691. The van der Waals surface area contributed by atoms with Gasteiger partial charge in [-0.3, -0.25) is 0 Å². The molecule has 0 saturated carbocycles. The van der Waals surface area contributed by atoms with Crippen LogP contribution in [0.2, 0.25) is 0 Å². The van der Waals surface area contributed by atoms with Crippen molar-refractivity contribution in [3.8, 4) is 0 Å². The number of benzene rings is 1. The highest BCUT2D eigenvalue weighted by Crippen LogP contribution is 2.20. The molecule has 0 saturated heterocycles. The fourth-order valence-electron chi connectivity index (χ4n) is 1.15. The average Bonchev–Trinajstić information content (AvgIpc) is 2.14. The molecule has 0 spiro atoms. The van der Waals surface area contributed by atoms with Crippen LogP contribution in [-0.4, -0.2) is 7.11 Å². The molecular weight excluding hydrogens is 242 g/mol. The van der Waals surface area contributed by atoms with E-state index in [1.807, 2.05) is 6.92 Å². The molecule has 0 aromatic heterocycles. The molecule has 2 nitrogen and oxygen atoms in total. The van der Waals surface area contributed by atoms with Gasteiger partial charge in [0.05, 0.1) is 7.11 Å².